The first-order chi connectivity index (χ1) is 15.5. The Morgan fingerprint density at radius 3 is 2.58 bits per heavy atom. The lowest BCUT2D eigenvalue weighted by Gasteiger charge is -2.41. The minimum atomic E-state index is -0.614. The molecular weight excluding hydrogens is 467 g/mol. The number of piperazine rings is 1. The summed E-state index contributed by atoms with van der Waals surface area (Å²) in [4.78, 5) is 42.9. The predicted molar refractivity (Wildman–Crippen MR) is 128 cm³/mol. The zero-order valence-electron chi connectivity index (χ0n) is 19.3. The third-order valence-electron chi connectivity index (χ3n) is 6.67. The van der Waals surface area contributed by atoms with Gasteiger partial charge in [0.05, 0.1) is 16.1 Å². The van der Waals surface area contributed by atoms with Crippen molar-refractivity contribution in [1.82, 2.24) is 14.7 Å². The van der Waals surface area contributed by atoms with Gasteiger partial charge in [0.15, 0.2) is 0 Å². The van der Waals surface area contributed by atoms with Crippen LogP contribution in [0, 0.1) is 5.41 Å². The van der Waals surface area contributed by atoms with Gasteiger partial charge in [0, 0.05) is 44.8 Å². The molecule has 3 rings (SSSR count). The van der Waals surface area contributed by atoms with Gasteiger partial charge < -0.3 is 25.1 Å². The largest absolute Gasteiger partial charge is 0.391 e. The van der Waals surface area contributed by atoms with Crippen LogP contribution >= 0.6 is 23.2 Å². The molecule has 0 aliphatic carbocycles. The van der Waals surface area contributed by atoms with Crippen LogP contribution in [0.2, 0.25) is 10.0 Å². The highest BCUT2D eigenvalue weighted by atomic mass is 35.5. The highest BCUT2D eigenvalue weighted by molar-refractivity contribution is 6.42. The Bertz CT molecular complexity index is 910. The number of amides is 4. The molecule has 182 valence electrons. The number of nitrogens with one attached hydrogen (secondary N) is 1. The maximum atomic E-state index is 12.8. The number of halogens is 2. The molecule has 1 aromatic carbocycles. The van der Waals surface area contributed by atoms with Gasteiger partial charge in [-0.25, -0.2) is 4.79 Å². The Balaban J connectivity index is 1.46. The molecule has 0 spiro atoms. The van der Waals surface area contributed by atoms with Gasteiger partial charge in [-0.15, -0.1) is 0 Å². The number of hydrogen-bond donors (Lipinski definition) is 2. The number of aliphatic hydroxyl groups excluding tert-OH is 1. The summed E-state index contributed by atoms with van der Waals surface area (Å²) in [6.07, 6.45) is 1.11. The topological polar surface area (TPSA) is 93.2 Å². The molecule has 0 saturated carbocycles. The van der Waals surface area contributed by atoms with Crippen LogP contribution in [0.15, 0.2) is 18.2 Å². The number of hydrogen-bond acceptors (Lipinski definition) is 4. The van der Waals surface area contributed by atoms with Gasteiger partial charge in [0.1, 0.15) is 6.04 Å². The molecule has 2 N–H and O–H groups in total. The molecule has 0 unspecified atom stereocenters. The van der Waals surface area contributed by atoms with Gasteiger partial charge in [-0.1, -0.05) is 37.0 Å². The molecule has 0 aromatic heterocycles. The second kappa shape index (κ2) is 10.5. The van der Waals surface area contributed by atoms with E-state index in [9.17, 15) is 19.5 Å². The first kappa shape index (κ1) is 25.6. The van der Waals surface area contributed by atoms with Crippen molar-refractivity contribution in [3.05, 3.63) is 28.2 Å². The minimum Gasteiger partial charge on any atom is -0.391 e. The Morgan fingerprint density at radius 1 is 1.18 bits per heavy atom. The Kier molecular flexibility index (Phi) is 8.13. The Morgan fingerprint density at radius 2 is 1.91 bits per heavy atom. The van der Waals surface area contributed by atoms with Crippen molar-refractivity contribution in [2.45, 2.75) is 52.2 Å². The van der Waals surface area contributed by atoms with Crippen LogP contribution in [0.3, 0.4) is 0 Å². The van der Waals surface area contributed by atoms with Gasteiger partial charge in [-0.05, 0) is 43.4 Å². The third kappa shape index (κ3) is 6.11. The van der Waals surface area contributed by atoms with E-state index in [2.05, 4.69) is 5.32 Å². The Labute approximate surface area is 204 Å². The van der Waals surface area contributed by atoms with Crippen LogP contribution in [0.1, 0.15) is 40.0 Å². The standard InChI is InChI=1S/C23H32Cl2N4O4/c1-15-21(32)27(9-4-5-20(31)28-10-8-23(2,3)19(30)14-28)11-12-29(15)22(33)26-16-6-7-17(24)18(25)13-16/h6-7,13,15,19,30H,4-5,8-12,14H2,1-3H3,(H,26,33)/t15-,19+/m0/s1. The minimum absolute atomic E-state index is 0.00434. The second-order valence-corrected chi connectivity index (χ2v) is 10.3. The van der Waals surface area contributed by atoms with Crippen molar-refractivity contribution in [2.24, 2.45) is 5.41 Å². The van der Waals surface area contributed by atoms with E-state index in [1.165, 1.54) is 4.90 Å². The van der Waals surface area contributed by atoms with E-state index in [1.807, 2.05) is 13.8 Å². The summed E-state index contributed by atoms with van der Waals surface area (Å²) in [5.74, 6) is -0.141. The van der Waals surface area contributed by atoms with Gasteiger partial charge >= 0.3 is 6.03 Å². The number of likely N-dealkylation sites (tertiary alicyclic amines) is 1. The van der Waals surface area contributed by atoms with E-state index in [1.54, 1.807) is 34.9 Å². The molecular formula is C23H32Cl2N4O4. The van der Waals surface area contributed by atoms with Crippen molar-refractivity contribution in [3.63, 3.8) is 0 Å². The quantitative estimate of drug-likeness (QED) is 0.649. The molecule has 2 heterocycles. The Hall–Kier alpha value is -2.03. The molecule has 10 heteroatoms. The fourth-order valence-electron chi connectivity index (χ4n) is 4.14. The molecule has 0 bridgehead atoms. The lowest BCUT2D eigenvalue weighted by Crippen LogP contribution is -2.58. The summed E-state index contributed by atoms with van der Waals surface area (Å²) in [6.45, 7) is 7.97. The van der Waals surface area contributed by atoms with Gasteiger partial charge in [0.2, 0.25) is 11.8 Å². The average Bonchev–Trinajstić information content (AvgIpc) is 2.75. The number of nitrogens with zero attached hydrogens (tertiary/aromatic N) is 3. The number of benzene rings is 1. The van der Waals surface area contributed by atoms with E-state index < -0.39 is 12.1 Å². The average molecular weight is 499 g/mol. The highest BCUT2D eigenvalue weighted by Crippen LogP contribution is 2.30. The van der Waals surface area contributed by atoms with E-state index in [-0.39, 0.29) is 23.3 Å². The van der Waals surface area contributed by atoms with Crippen molar-refractivity contribution >= 4 is 46.7 Å². The second-order valence-electron chi connectivity index (χ2n) is 9.45. The van der Waals surface area contributed by atoms with Crippen molar-refractivity contribution in [2.75, 3.05) is 38.0 Å². The number of carbonyl (C=O) groups is 3. The van der Waals surface area contributed by atoms with E-state index in [4.69, 9.17) is 23.2 Å². The molecule has 1 aromatic rings. The number of urea groups is 1. The number of anilines is 1. The number of β-amino-alcohol motifs (C(OH)–C–C–N with tert-alkyl or cyclic N) is 1. The molecule has 4 amide bonds. The summed E-state index contributed by atoms with van der Waals surface area (Å²) in [7, 11) is 0. The molecule has 2 atom stereocenters. The van der Waals surface area contributed by atoms with Crippen LogP contribution in [0.4, 0.5) is 10.5 Å². The van der Waals surface area contributed by atoms with Gasteiger partial charge in [-0.2, -0.15) is 0 Å². The lowest BCUT2D eigenvalue weighted by molar-refractivity contribution is -0.141. The third-order valence-corrected chi connectivity index (χ3v) is 7.41. The van der Waals surface area contributed by atoms with Crippen molar-refractivity contribution in [1.29, 1.82) is 0 Å². The summed E-state index contributed by atoms with van der Waals surface area (Å²) in [6, 6.07) is 3.81. The summed E-state index contributed by atoms with van der Waals surface area (Å²) in [5, 5.41) is 13.7. The summed E-state index contributed by atoms with van der Waals surface area (Å²) >= 11 is 11.9. The molecule has 8 nitrogen and oxygen atoms in total. The number of piperidine rings is 1. The van der Waals surface area contributed by atoms with E-state index >= 15 is 0 Å². The number of rotatable bonds is 5. The fourth-order valence-corrected chi connectivity index (χ4v) is 4.44. The SMILES string of the molecule is C[C@H]1C(=O)N(CCCC(=O)N2CCC(C)(C)[C@H](O)C2)CCN1C(=O)Nc1ccc(Cl)c(Cl)c1. The zero-order chi connectivity index (χ0) is 24.3. The smallest absolute Gasteiger partial charge is 0.322 e. The highest BCUT2D eigenvalue weighted by Gasteiger charge is 2.36. The fraction of sp³-hybridized carbons (Fsp3) is 0.609. The first-order valence-corrected chi connectivity index (χ1v) is 12.0. The van der Waals surface area contributed by atoms with Crippen molar-refractivity contribution < 1.29 is 19.5 Å². The first-order valence-electron chi connectivity index (χ1n) is 11.3. The monoisotopic (exact) mass is 498 g/mol. The predicted octanol–water partition coefficient (Wildman–Crippen LogP) is 3.46. The molecule has 2 aliphatic rings. The van der Waals surface area contributed by atoms with Crippen LogP contribution in [0.5, 0.6) is 0 Å². The number of carbonyl (C=O) groups excluding carboxylic acids is 3. The van der Waals surface area contributed by atoms with Crippen LogP contribution in [-0.4, -0.2) is 82.5 Å². The maximum absolute atomic E-state index is 12.8. The summed E-state index contributed by atoms with van der Waals surface area (Å²) < 4.78 is 0. The van der Waals surface area contributed by atoms with Gasteiger partial charge in [0.25, 0.3) is 0 Å². The lowest BCUT2D eigenvalue weighted by atomic mass is 9.80. The van der Waals surface area contributed by atoms with Crippen LogP contribution < -0.4 is 5.32 Å². The zero-order valence-corrected chi connectivity index (χ0v) is 20.8. The molecule has 33 heavy (non-hydrogen) atoms. The van der Waals surface area contributed by atoms with Crippen molar-refractivity contribution in [3.8, 4) is 0 Å². The molecule has 2 fully saturated rings. The van der Waals surface area contributed by atoms with E-state index in [0.29, 0.717) is 61.3 Å². The summed E-state index contributed by atoms with van der Waals surface area (Å²) in [5.41, 5.74) is 0.326. The normalized spacial score (nSPS) is 23.0. The van der Waals surface area contributed by atoms with E-state index in [0.717, 1.165) is 6.42 Å². The van der Waals surface area contributed by atoms with Gasteiger partial charge in [-0.3, -0.25) is 9.59 Å². The number of aliphatic hydroxyl groups is 1. The molecule has 2 aliphatic heterocycles. The maximum Gasteiger partial charge on any atom is 0.322 e. The van der Waals surface area contributed by atoms with Crippen LogP contribution in [-0.2, 0) is 9.59 Å². The molecule has 2 saturated heterocycles. The van der Waals surface area contributed by atoms with Crippen LogP contribution in [0.25, 0.3) is 0 Å². The molecule has 0 radical (unpaired) electrons.